The molecule has 0 N–H and O–H groups in total. The van der Waals surface area contributed by atoms with Crippen LogP contribution in [0, 0.1) is 0 Å². The van der Waals surface area contributed by atoms with Crippen molar-refractivity contribution >= 4 is 5.97 Å². The van der Waals surface area contributed by atoms with Gasteiger partial charge in [0.2, 0.25) is 5.88 Å². The van der Waals surface area contributed by atoms with E-state index < -0.39 is 5.97 Å². The number of hydrogen-bond donors (Lipinski definition) is 0. The summed E-state index contributed by atoms with van der Waals surface area (Å²) in [4.78, 5) is 25.1. The maximum Gasteiger partial charge on any atom is 1.00 e. The molecule has 1 saturated carbocycles. The molecule has 1 fully saturated rings. The first-order valence-electron chi connectivity index (χ1n) is 9.48. The van der Waals surface area contributed by atoms with Crippen molar-refractivity contribution in [2.45, 2.75) is 38.2 Å². The predicted octanol–water partition coefficient (Wildman–Crippen LogP) is 0.285. The Balaban J connectivity index is 0.00000240. The van der Waals surface area contributed by atoms with Gasteiger partial charge in [-0.3, -0.25) is 4.98 Å². The van der Waals surface area contributed by atoms with E-state index in [2.05, 4.69) is 15.0 Å². The number of carboxylic acid groups (broad SMARTS) is 1. The first-order valence-corrected chi connectivity index (χ1v) is 9.48. The number of carboxylic acids is 1. The molecule has 7 heteroatoms. The molecule has 29 heavy (non-hydrogen) atoms. The third-order valence-electron chi connectivity index (χ3n) is 4.88. The zero-order valence-electron chi connectivity index (χ0n) is 16.4. The largest absolute Gasteiger partial charge is 1.00 e. The molecule has 0 saturated heterocycles. The van der Waals surface area contributed by atoms with E-state index in [0.717, 1.165) is 25.7 Å². The second-order valence-corrected chi connectivity index (χ2v) is 6.85. The zero-order valence-corrected chi connectivity index (χ0v) is 19.5. The SMILES string of the molecule is O=C([O-])c1c(OC2CCCCC2)nc(-c2cccnc2)nc1-c1ccccc1.[K+]. The van der Waals surface area contributed by atoms with Crippen LogP contribution in [-0.4, -0.2) is 27.0 Å². The van der Waals surface area contributed by atoms with Crippen molar-refractivity contribution in [3.63, 3.8) is 0 Å². The molecule has 2 heterocycles. The Morgan fingerprint density at radius 3 is 2.34 bits per heavy atom. The smallest absolute Gasteiger partial charge is 0.545 e. The van der Waals surface area contributed by atoms with Crippen LogP contribution in [0.15, 0.2) is 54.9 Å². The number of rotatable bonds is 5. The molecule has 142 valence electrons. The summed E-state index contributed by atoms with van der Waals surface area (Å²) in [5.74, 6) is -0.898. The molecule has 6 nitrogen and oxygen atoms in total. The minimum atomic E-state index is -1.35. The Bertz CT molecular complexity index is 962. The standard InChI is InChI=1S/C22H21N3O3.K/c26-22(27)18-19(15-8-3-1-4-9-15)24-20(16-10-7-13-23-14-16)25-21(18)28-17-11-5-2-6-12-17;/h1,3-4,7-10,13-14,17H,2,5-6,11-12H2,(H,26,27);/q;+1/p-1. The summed E-state index contributed by atoms with van der Waals surface area (Å²) in [5, 5.41) is 12.0. The number of benzene rings is 1. The fourth-order valence-corrected chi connectivity index (χ4v) is 3.48. The van der Waals surface area contributed by atoms with E-state index in [-0.39, 0.29) is 68.9 Å². The Kier molecular flexibility index (Phi) is 7.91. The fraction of sp³-hybridized carbons (Fsp3) is 0.273. The van der Waals surface area contributed by atoms with E-state index in [4.69, 9.17) is 4.74 Å². The maximum atomic E-state index is 12.0. The van der Waals surface area contributed by atoms with E-state index in [1.165, 1.54) is 6.42 Å². The minimum absolute atomic E-state index is 0. The van der Waals surface area contributed by atoms with Gasteiger partial charge in [-0.1, -0.05) is 36.8 Å². The predicted molar refractivity (Wildman–Crippen MR) is 103 cm³/mol. The van der Waals surface area contributed by atoms with Gasteiger partial charge in [-0.15, -0.1) is 0 Å². The van der Waals surface area contributed by atoms with Crippen LogP contribution in [0.3, 0.4) is 0 Å². The number of pyridine rings is 1. The third-order valence-corrected chi connectivity index (χ3v) is 4.88. The number of aromatic nitrogens is 3. The van der Waals surface area contributed by atoms with Gasteiger partial charge in [0, 0.05) is 23.5 Å². The number of ether oxygens (including phenoxy) is 1. The zero-order chi connectivity index (χ0) is 19.3. The average Bonchev–Trinajstić information content (AvgIpc) is 2.75. The molecule has 1 aliphatic rings. The van der Waals surface area contributed by atoms with Crippen molar-refractivity contribution in [3.8, 4) is 28.5 Å². The van der Waals surface area contributed by atoms with Crippen LogP contribution in [-0.2, 0) is 0 Å². The summed E-state index contributed by atoms with van der Waals surface area (Å²) in [7, 11) is 0. The van der Waals surface area contributed by atoms with E-state index in [9.17, 15) is 9.90 Å². The minimum Gasteiger partial charge on any atom is -0.545 e. The van der Waals surface area contributed by atoms with Gasteiger partial charge >= 0.3 is 51.4 Å². The summed E-state index contributed by atoms with van der Waals surface area (Å²) >= 11 is 0. The van der Waals surface area contributed by atoms with Gasteiger partial charge in [0.1, 0.15) is 6.10 Å². The maximum absolute atomic E-state index is 12.0. The summed E-state index contributed by atoms with van der Waals surface area (Å²) in [6, 6.07) is 12.8. The second-order valence-electron chi connectivity index (χ2n) is 6.85. The Hall–Kier alpha value is -1.64. The molecule has 2 aromatic heterocycles. The molecule has 0 amide bonds. The molecular formula is C22H20KN3O3. The number of carbonyl (C=O) groups is 1. The monoisotopic (exact) mass is 413 g/mol. The van der Waals surface area contributed by atoms with Gasteiger partial charge in [0.15, 0.2) is 5.82 Å². The Labute approximate surface area is 212 Å². The van der Waals surface area contributed by atoms with Gasteiger partial charge in [-0.05, 0) is 37.8 Å². The van der Waals surface area contributed by atoms with E-state index >= 15 is 0 Å². The van der Waals surface area contributed by atoms with Crippen molar-refractivity contribution in [1.29, 1.82) is 0 Å². The van der Waals surface area contributed by atoms with Crippen molar-refractivity contribution in [2.24, 2.45) is 0 Å². The van der Waals surface area contributed by atoms with Crippen LogP contribution in [0.5, 0.6) is 5.88 Å². The molecule has 0 bridgehead atoms. The van der Waals surface area contributed by atoms with Gasteiger partial charge in [-0.25, -0.2) is 4.98 Å². The average molecular weight is 414 g/mol. The number of aromatic carboxylic acids is 1. The molecule has 3 aromatic rings. The van der Waals surface area contributed by atoms with Crippen molar-refractivity contribution in [1.82, 2.24) is 15.0 Å². The molecule has 0 unspecified atom stereocenters. The van der Waals surface area contributed by atoms with E-state index in [0.29, 0.717) is 22.6 Å². The van der Waals surface area contributed by atoms with Gasteiger partial charge in [-0.2, -0.15) is 4.98 Å². The van der Waals surface area contributed by atoms with Gasteiger partial charge in [0.05, 0.1) is 17.2 Å². The van der Waals surface area contributed by atoms with Gasteiger partial charge in [0.25, 0.3) is 0 Å². The second kappa shape index (κ2) is 10.4. The van der Waals surface area contributed by atoms with E-state index in [1.54, 1.807) is 18.5 Å². The van der Waals surface area contributed by atoms with Crippen molar-refractivity contribution < 1.29 is 66.0 Å². The van der Waals surface area contributed by atoms with Crippen LogP contribution in [0.2, 0.25) is 0 Å². The normalized spacial score (nSPS) is 14.1. The summed E-state index contributed by atoms with van der Waals surface area (Å²) < 4.78 is 6.08. The summed E-state index contributed by atoms with van der Waals surface area (Å²) in [5.41, 5.74) is 1.55. The Morgan fingerprint density at radius 2 is 1.69 bits per heavy atom. The summed E-state index contributed by atoms with van der Waals surface area (Å²) in [6.07, 6.45) is 8.34. The van der Waals surface area contributed by atoms with Gasteiger partial charge < -0.3 is 14.6 Å². The first kappa shape index (κ1) is 22.1. The summed E-state index contributed by atoms with van der Waals surface area (Å²) in [6.45, 7) is 0. The first-order chi connectivity index (χ1) is 13.7. The molecule has 0 aliphatic heterocycles. The molecule has 0 atom stereocenters. The number of nitrogens with zero attached hydrogens (tertiary/aromatic N) is 3. The van der Waals surface area contributed by atoms with Crippen LogP contribution in [0.4, 0.5) is 0 Å². The number of hydrogen-bond acceptors (Lipinski definition) is 6. The molecule has 0 spiro atoms. The van der Waals surface area contributed by atoms with Crippen molar-refractivity contribution in [2.75, 3.05) is 0 Å². The molecule has 1 aromatic carbocycles. The van der Waals surface area contributed by atoms with Crippen LogP contribution >= 0.6 is 0 Å². The van der Waals surface area contributed by atoms with Crippen molar-refractivity contribution in [3.05, 3.63) is 60.4 Å². The molecule has 1 aliphatic carbocycles. The molecule has 0 radical (unpaired) electrons. The Morgan fingerprint density at radius 1 is 0.966 bits per heavy atom. The third kappa shape index (κ3) is 5.29. The van der Waals surface area contributed by atoms with Crippen LogP contribution in [0.1, 0.15) is 42.5 Å². The molecule has 4 rings (SSSR count). The number of carbonyl (C=O) groups excluding carboxylic acids is 1. The van der Waals surface area contributed by atoms with Crippen LogP contribution < -0.4 is 61.2 Å². The quantitative estimate of drug-likeness (QED) is 0.559. The molecular weight excluding hydrogens is 393 g/mol. The van der Waals surface area contributed by atoms with E-state index in [1.807, 2.05) is 36.4 Å². The fourth-order valence-electron chi connectivity index (χ4n) is 3.48. The topological polar surface area (TPSA) is 88.0 Å². The van der Waals surface area contributed by atoms with Crippen LogP contribution in [0.25, 0.3) is 22.6 Å².